The van der Waals surface area contributed by atoms with Gasteiger partial charge in [0.25, 0.3) is 0 Å². The number of aryl methyl sites for hydroxylation is 1. The molecule has 4 nitrogen and oxygen atoms in total. The smallest absolute Gasteiger partial charge is 0.115 e. The van der Waals surface area contributed by atoms with Crippen LogP contribution < -0.4 is 0 Å². The van der Waals surface area contributed by atoms with Crippen LogP contribution in [0.15, 0.2) is 36.4 Å². The number of aromatic nitrogens is 3. The highest BCUT2D eigenvalue weighted by Crippen LogP contribution is 2.25. The van der Waals surface area contributed by atoms with Gasteiger partial charge < -0.3 is 5.11 Å². The molecule has 0 saturated heterocycles. The topological polar surface area (TPSA) is 50.9 Å². The van der Waals surface area contributed by atoms with Gasteiger partial charge in [-0.1, -0.05) is 44.5 Å². The Morgan fingerprint density at radius 3 is 2.52 bits per heavy atom. The summed E-state index contributed by atoms with van der Waals surface area (Å²) in [6.45, 7) is 8.45. The molecule has 132 valence electrons. The van der Waals surface area contributed by atoms with Crippen LogP contribution in [-0.4, -0.2) is 26.2 Å². The molecule has 1 N–H and O–H groups in total. The Hall–Kier alpha value is -1.91. The first-order chi connectivity index (χ1) is 11.7. The minimum absolute atomic E-state index is 0.0830. The fourth-order valence-electron chi connectivity index (χ4n) is 3.06. The van der Waals surface area contributed by atoms with Gasteiger partial charge in [0.05, 0.1) is 11.8 Å². The Morgan fingerprint density at radius 2 is 1.80 bits per heavy atom. The van der Waals surface area contributed by atoms with E-state index in [1.54, 1.807) is 4.80 Å². The van der Waals surface area contributed by atoms with Crippen LogP contribution in [0.25, 0.3) is 16.7 Å². The van der Waals surface area contributed by atoms with Gasteiger partial charge in [0.15, 0.2) is 0 Å². The van der Waals surface area contributed by atoms with Crippen LogP contribution in [0.1, 0.15) is 38.3 Å². The van der Waals surface area contributed by atoms with Crippen molar-refractivity contribution in [2.75, 3.05) is 0 Å². The molecule has 0 spiro atoms. The van der Waals surface area contributed by atoms with Crippen molar-refractivity contribution < 1.29 is 5.11 Å². The summed E-state index contributed by atoms with van der Waals surface area (Å²) >= 11 is 6.05. The molecule has 0 aliphatic carbocycles. The summed E-state index contributed by atoms with van der Waals surface area (Å²) < 4.78 is 0. The molecule has 0 aliphatic heterocycles. The van der Waals surface area contributed by atoms with E-state index in [0.29, 0.717) is 11.4 Å². The monoisotopic (exact) mass is 357 g/mol. The Morgan fingerprint density at radius 1 is 1.08 bits per heavy atom. The molecule has 0 saturated carbocycles. The third kappa shape index (κ3) is 4.39. The summed E-state index contributed by atoms with van der Waals surface area (Å²) in [7, 11) is 0. The minimum atomic E-state index is -0.402. The van der Waals surface area contributed by atoms with Gasteiger partial charge >= 0.3 is 0 Å². The number of fused-ring (bicyclic) bond motifs is 1. The molecule has 0 bridgehead atoms. The van der Waals surface area contributed by atoms with E-state index < -0.39 is 6.10 Å². The van der Waals surface area contributed by atoms with E-state index in [2.05, 4.69) is 49.2 Å². The second-order valence-electron chi connectivity index (χ2n) is 7.88. The lowest BCUT2D eigenvalue weighted by Gasteiger charge is -2.23. The molecule has 25 heavy (non-hydrogen) atoms. The van der Waals surface area contributed by atoms with Gasteiger partial charge in [-0.05, 0) is 54.2 Å². The first kappa shape index (κ1) is 17.9. The number of hydrogen-bond acceptors (Lipinski definition) is 3. The maximum absolute atomic E-state index is 10.5. The molecule has 1 atom stereocenters. The second-order valence-corrected chi connectivity index (χ2v) is 8.31. The first-order valence-corrected chi connectivity index (χ1v) is 8.90. The normalized spacial score (nSPS) is 13.4. The third-order valence-electron chi connectivity index (χ3n) is 4.10. The maximum atomic E-state index is 10.5. The molecule has 5 heteroatoms. The molecule has 0 aliphatic rings. The van der Waals surface area contributed by atoms with E-state index in [0.717, 1.165) is 34.3 Å². The zero-order valence-corrected chi connectivity index (χ0v) is 15.9. The fourth-order valence-corrected chi connectivity index (χ4v) is 3.23. The highest BCUT2D eigenvalue weighted by atomic mass is 35.5. The van der Waals surface area contributed by atoms with Crippen LogP contribution >= 0.6 is 11.6 Å². The number of halogens is 1. The van der Waals surface area contributed by atoms with Crippen molar-refractivity contribution in [3.63, 3.8) is 0 Å². The zero-order chi connectivity index (χ0) is 18.2. The summed E-state index contributed by atoms with van der Waals surface area (Å²) in [6.07, 6.45) is 0.913. The van der Waals surface area contributed by atoms with Crippen molar-refractivity contribution in [3.8, 4) is 5.69 Å². The highest BCUT2D eigenvalue weighted by Gasteiger charge is 2.19. The SMILES string of the molecule is Cc1ccc(CC(O)CC(C)(C)C)c(-n2nc3ccc(Cl)cc3n2)c1. The standard InChI is InChI=1S/C20H24ClN3O/c1-13-5-6-14(10-16(25)12-20(2,3)4)19(9-13)24-22-17-8-7-15(21)11-18(17)23-24/h5-9,11,16,25H,10,12H2,1-4H3. The Bertz CT molecular complexity index is 896. The fraction of sp³-hybridized carbons (Fsp3) is 0.400. The van der Waals surface area contributed by atoms with Crippen molar-refractivity contribution in [3.05, 3.63) is 52.5 Å². The quantitative estimate of drug-likeness (QED) is 0.734. The third-order valence-corrected chi connectivity index (χ3v) is 4.34. The molecule has 1 heterocycles. The van der Waals surface area contributed by atoms with Gasteiger partial charge in [0.1, 0.15) is 11.0 Å². The Balaban J connectivity index is 1.98. The lowest BCUT2D eigenvalue weighted by atomic mass is 9.87. The lowest BCUT2D eigenvalue weighted by Crippen LogP contribution is -2.20. The van der Waals surface area contributed by atoms with E-state index in [4.69, 9.17) is 11.6 Å². The number of rotatable bonds is 4. The van der Waals surface area contributed by atoms with Crippen LogP contribution in [0.3, 0.4) is 0 Å². The van der Waals surface area contributed by atoms with Gasteiger partial charge in [-0.2, -0.15) is 4.80 Å². The van der Waals surface area contributed by atoms with Gasteiger partial charge in [-0.3, -0.25) is 0 Å². The second kappa shape index (κ2) is 6.77. The average molecular weight is 358 g/mol. The predicted octanol–water partition coefficient (Wildman–Crippen LogP) is 4.72. The van der Waals surface area contributed by atoms with Crippen LogP contribution in [0, 0.1) is 12.3 Å². The number of hydrogen-bond donors (Lipinski definition) is 1. The number of benzene rings is 2. The molecule has 0 amide bonds. The summed E-state index contributed by atoms with van der Waals surface area (Å²) in [4.78, 5) is 1.65. The van der Waals surface area contributed by atoms with Crippen molar-refractivity contribution >= 4 is 22.6 Å². The van der Waals surface area contributed by atoms with Gasteiger partial charge in [-0.25, -0.2) is 0 Å². The molecule has 1 unspecified atom stereocenters. The Labute approximate surface area is 153 Å². The molecule has 0 radical (unpaired) electrons. The number of aliphatic hydroxyl groups excluding tert-OH is 1. The first-order valence-electron chi connectivity index (χ1n) is 8.52. The number of nitrogens with zero attached hydrogens (tertiary/aromatic N) is 3. The molecular weight excluding hydrogens is 334 g/mol. The van der Waals surface area contributed by atoms with Gasteiger partial charge in [0.2, 0.25) is 0 Å². The van der Waals surface area contributed by atoms with Crippen LogP contribution in [0.5, 0.6) is 0 Å². The van der Waals surface area contributed by atoms with Crippen molar-refractivity contribution in [1.29, 1.82) is 0 Å². The molecule has 0 fully saturated rings. The molecule has 1 aromatic heterocycles. The molecule has 2 aromatic carbocycles. The summed E-state index contributed by atoms with van der Waals surface area (Å²) in [6, 6.07) is 11.7. The average Bonchev–Trinajstić information content (AvgIpc) is 2.90. The van der Waals surface area contributed by atoms with E-state index in [9.17, 15) is 5.11 Å². The minimum Gasteiger partial charge on any atom is -0.393 e. The maximum Gasteiger partial charge on any atom is 0.115 e. The van der Waals surface area contributed by atoms with Crippen molar-refractivity contribution in [2.45, 2.75) is 46.6 Å². The van der Waals surface area contributed by atoms with E-state index >= 15 is 0 Å². The van der Waals surface area contributed by atoms with E-state index in [-0.39, 0.29) is 5.41 Å². The summed E-state index contributed by atoms with van der Waals surface area (Å²) in [5.74, 6) is 0. The summed E-state index contributed by atoms with van der Waals surface area (Å²) in [5.41, 5.74) is 4.71. The largest absolute Gasteiger partial charge is 0.393 e. The lowest BCUT2D eigenvalue weighted by molar-refractivity contribution is 0.121. The highest BCUT2D eigenvalue weighted by molar-refractivity contribution is 6.31. The van der Waals surface area contributed by atoms with E-state index in [1.165, 1.54) is 0 Å². The number of aliphatic hydroxyl groups is 1. The van der Waals surface area contributed by atoms with Crippen molar-refractivity contribution in [1.82, 2.24) is 15.0 Å². The molecule has 3 rings (SSSR count). The predicted molar refractivity (Wildman–Crippen MR) is 102 cm³/mol. The zero-order valence-electron chi connectivity index (χ0n) is 15.1. The van der Waals surface area contributed by atoms with Gasteiger partial charge in [-0.15, -0.1) is 10.2 Å². The Kier molecular flexibility index (Phi) is 4.85. The summed E-state index contributed by atoms with van der Waals surface area (Å²) in [5, 5.41) is 20.3. The van der Waals surface area contributed by atoms with Crippen LogP contribution in [-0.2, 0) is 6.42 Å². The molecule has 3 aromatic rings. The van der Waals surface area contributed by atoms with Crippen molar-refractivity contribution in [2.24, 2.45) is 5.41 Å². The van der Waals surface area contributed by atoms with Gasteiger partial charge in [0, 0.05) is 11.4 Å². The van der Waals surface area contributed by atoms with E-state index in [1.807, 2.05) is 25.1 Å². The molecular formula is C20H24ClN3O. The van der Waals surface area contributed by atoms with Crippen LogP contribution in [0.4, 0.5) is 0 Å². The van der Waals surface area contributed by atoms with Crippen LogP contribution in [0.2, 0.25) is 5.02 Å².